The van der Waals surface area contributed by atoms with Gasteiger partial charge in [0.25, 0.3) is 0 Å². The molecule has 0 spiro atoms. The van der Waals surface area contributed by atoms with Crippen molar-refractivity contribution in [1.29, 1.82) is 5.41 Å². The first kappa shape index (κ1) is 11.4. The van der Waals surface area contributed by atoms with E-state index in [1.807, 2.05) is 0 Å². The highest BCUT2D eigenvalue weighted by atomic mass is 16.6. The smallest absolute Gasteiger partial charge is 0.323 e. The summed E-state index contributed by atoms with van der Waals surface area (Å²) in [6.07, 6.45) is 5.42. The Labute approximate surface area is 95.2 Å². The number of hydrogen-bond donors (Lipinski definition) is 3. The van der Waals surface area contributed by atoms with E-state index in [1.165, 1.54) is 0 Å². The summed E-state index contributed by atoms with van der Waals surface area (Å²) in [5.41, 5.74) is 5.59. The molecular formula is C11H19N3O2. The summed E-state index contributed by atoms with van der Waals surface area (Å²) in [6.45, 7) is 0. The van der Waals surface area contributed by atoms with Crippen LogP contribution in [0.1, 0.15) is 38.5 Å². The zero-order valence-corrected chi connectivity index (χ0v) is 9.37. The van der Waals surface area contributed by atoms with E-state index in [2.05, 4.69) is 5.32 Å². The quantitative estimate of drug-likeness (QED) is 0.598. The van der Waals surface area contributed by atoms with Gasteiger partial charge in [-0.2, -0.15) is 0 Å². The Hall–Kier alpha value is -1.10. The number of hydrogen-bond acceptors (Lipinski definition) is 4. The van der Waals surface area contributed by atoms with Crippen molar-refractivity contribution in [3.05, 3.63) is 0 Å². The van der Waals surface area contributed by atoms with Gasteiger partial charge in [0.05, 0.1) is 5.84 Å². The fourth-order valence-corrected chi connectivity index (χ4v) is 2.40. The molecule has 90 valence electrons. The van der Waals surface area contributed by atoms with Crippen molar-refractivity contribution in [3.8, 4) is 0 Å². The SMILES string of the molecule is N=C1CCCCC(CC2CC(N)C(=O)O2)N1. The summed E-state index contributed by atoms with van der Waals surface area (Å²) < 4.78 is 5.18. The van der Waals surface area contributed by atoms with Crippen LogP contribution in [0.15, 0.2) is 0 Å². The minimum Gasteiger partial charge on any atom is -0.461 e. The van der Waals surface area contributed by atoms with E-state index in [0.717, 1.165) is 32.1 Å². The van der Waals surface area contributed by atoms with Gasteiger partial charge in [0.15, 0.2) is 0 Å². The van der Waals surface area contributed by atoms with Gasteiger partial charge in [0.1, 0.15) is 12.1 Å². The van der Waals surface area contributed by atoms with Crippen molar-refractivity contribution < 1.29 is 9.53 Å². The molecule has 2 saturated heterocycles. The van der Waals surface area contributed by atoms with Crippen LogP contribution in [-0.2, 0) is 9.53 Å². The molecule has 0 aromatic carbocycles. The lowest BCUT2D eigenvalue weighted by atomic mass is 10.0. The lowest BCUT2D eigenvalue weighted by molar-refractivity contribution is -0.142. The molecule has 0 aromatic rings. The molecule has 5 heteroatoms. The first-order chi connectivity index (χ1) is 7.65. The number of esters is 1. The van der Waals surface area contributed by atoms with Crippen LogP contribution in [-0.4, -0.2) is 30.0 Å². The first-order valence-corrected chi connectivity index (χ1v) is 5.95. The van der Waals surface area contributed by atoms with Crippen molar-refractivity contribution in [2.45, 2.75) is 56.7 Å². The zero-order chi connectivity index (χ0) is 11.5. The molecule has 0 aromatic heterocycles. The summed E-state index contributed by atoms with van der Waals surface area (Å²) >= 11 is 0. The molecule has 16 heavy (non-hydrogen) atoms. The standard InChI is InChI=1S/C11H19N3O2/c12-9-6-8(16-11(9)15)5-7-3-1-2-4-10(13)14-7/h7-9H,1-6,12H2,(H2,13,14). The van der Waals surface area contributed by atoms with Gasteiger partial charge in [0, 0.05) is 25.3 Å². The summed E-state index contributed by atoms with van der Waals surface area (Å²) in [6, 6.07) is -0.187. The van der Waals surface area contributed by atoms with Gasteiger partial charge in [-0.25, -0.2) is 0 Å². The Morgan fingerprint density at radius 3 is 3.00 bits per heavy atom. The maximum Gasteiger partial charge on any atom is 0.323 e. The van der Waals surface area contributed by atoms with Gasteiger partial charge in [-0.1, -0.05) is 6.42 Å². The van der Waals surface area contributed by atoms with Crippen LogP contribution in [0.4, 0.5) is 0 Å². The Bertz CT molecular complexity index is 293. The second-order valence-electron chi connectivity index (χ2n) is 4.70. The predicted molar refractivity (Wildman–Crippen MR) is 60.2 cm³/mol. The normalized spacial score (nSPS) is 35.4. The lowest BCUT2D eigenvalue weighted by Gasteiger charge is -2.19. The highest BCUT2D eigenvalue weighted by Crippen LogP contribution is 2.21. The van der Waals surface area contributed by atoms with Gasteiger partial charge in [-0.05, 0) is 12.8 Å². The molecule has 5 nitrogen and oxygen atoms in total. The third-order valence-electron chi connectivity index (χ3n) is 3.26. The van der Waals surface area contributed by atoms with E-state index in [9.17, 15) is 4.79 Å². The second kappa shape index (κ2) is 4.82. The van der Waals surface area contributed by atoms with E-state index < -0.39 is 6.04 Å². The molecule has 0 saturated carbocycles. The second-order valence-corrected chi connectivity index (χ2v) is 4.70. The maximum absolute atomic E-state index is 11.1. The third kappa shape index (κ3) is 2.72. The molecule has 2 heterocycles. The molecular weight excluding hydrogens is 206 g/mol. The number of rotatable bonds is 2. The highest BCUT2D eigenvalue weighted by molar-refractivity contribution is 5.79. The Kier molecular flexibility index (Phi) is 3.43. The topological polar surface area (TPSA) is 88.2 Å². The molecule has 0 radical (unpaired) electrons. The fraction of sp³-hybridized carbons (Fsp3) is 0.818. The summed E-state index contributed by atoms with van der Waals surface area (Å²) in [7, 11) is 0. The maximum atomic E-state index is 11.1. The largest absolute Gasteiger partial charge is 0.461 e. The molecule has 2 fully saturated rings. The number of amidine groups is 1. The van der Waals surface area contributed by atoms with Crippen LogP contribution < -0.4 is 11.1 Å². The van der Waals surface area contributed by atoms with Crippen LogP contribution in [0.25, 0.3) is 0 Å². The molecule has 2 rings (SSSR count). The predicted octanol–water partition coefficient (Wildman–Crippen LogP) is 0.529. The number of cyclic esters (lactones) is 1. The molecule has 0 amide bonds. The van der Waals surface area contributed by atoms with Crippen molar-refractivity contribution in [2.75, 3.05) is 0 Å². The number of ether oxygens (including phenoxy) is 1. The number of nitrogens with two attached hydrogens (primary N) is 1. The van der Waals surface area contributed by atoms with Crippen LogP contribution in [0.5, 0.6) is 0 Å². The minimum absolute atomic E-state index is 0.0640. The van der Waals surface area contributed by atoms with Crippen LogP contribution in [0.2, 0.25) is 0 Å². The summed E-state index contributed by atoms with van der Waals surface area (Å²) in [5, 5.41) is 10.9. The zero-order valence-electron chi connectivity index (χ0n) is 9.37. The van der Waals surface area contributed by atoms with E-state index in [0.29, 0.717) is 12.3 Å². The summed E-state index contributed by atoms with van der Waals surface area (Å²) in [5.74, 6) is 0.324. The molecule has 0 bridgehead atoms. The van der Waals surface area contributed by atoms with Crippen molar-refractivity contribution in [1.82, 2.24) is 5.32 Å². The third-order valence-corrected chi connectivity index (χ3v) is 3.26. The van der Waals surface area contributed by atoms with Crippen molar-refractivity contribution in [3.63, 3.8) is 0 Å². The average molecular weight is 225 g/mol. The summed E-state index contributed by atoms with van der Waals surface area (Å²) in [4.78, 5) is 11.1. The fourth-order valence-electron chi connectivity index (χ4n) is 2.40. The Balaban J connectivity index is 1.84. The van der Waals surface area contributed by atoms with Gasteiger partial charge >= 0.3 is 5.97 Å². The van der Waals surface area contributed by atoms with E-state index >= 15 is 0 Å². The monoisotopic (exact) mass is 225 g/mol. The number of carbonyl (C=O) groups is 1. The van der Waals surface area contributed by atoms with E-state index in [4.69, 9.17) is 15.9 Å². The van der Waals surface area contributed by atoms with Crippen LogP contribution >= 0.6 is 0 Å². The molecule has 2 aliphatic heterocycles. The average Bonchev–Trinajstić information content (AvgIpc) is 2.43. The van der Waals surface area contributed by atoms with E-state index in [1.54, 1.807) is 0 Å². The van der Waals surface area contributed by atoms with Crippen molar-refractivity contribution in [2.24, 2.45) is 5.73 Å². The van der Waals surface area contributed by atoms with Gasteiger partial charge < -0.3 is 15.8 Å². The Morgan fingerprint density at radius 1 is 1.50 bits per heavy atom. The number of nitrogens with one attached hydrogen (secondary N) is 2. The molecule has 3 unspecified atom stereocenters. The van der Waals surface area contributed by atoms with Crippen LogP contribution in [0.3, 0.4) is 0 Å². The molecule has 4 N–H and O–H groups in total. The van der Waals surface area contributed by atoms with E-state index in [-0.39, 0.29) is 18.1 Å². The minimum atomic E-state index is -0.449. The van der Waals surface area contributed by atoms with Gasteiger partial charge in [-0.3, -0.25) is 10.2 Å². The molecule has 3 atom stereocenters. The molecule has 2 aliphatic rings. The van der Waals surface area contributed by atoms with Gasteiger partial charge in [0.2, 0.25) is 0 Å². The number of carbonyl (C=O) groups excluding carboxylic acids is 1. The van der Waals surface area contributed by atoms with Gasteiger partial charge in [-0.15, -0.1) is 0 Å². The molecule has 0 aliphatic carbocycles. The Morgan fingerprint density at radius 2 is 2.31 bits per heavy atom. The van der Waals surface area contributed by atoms with Crippen molar-refractivity contribution >= 4 is 11.8 Å². The first-order valence-electron chi connectivity index (χ1n) is 5.95. The van der Waals surface area contributed by atoms with Crippen LogP contribution in [0, 0.1) is 5.41 Å². The highest BCUT2D eigenvalue weighted by Gasteiger charge is 2.33. The lowest BCUT2D eigenvalue weighted by Crippen LogP contribution is -2.35.